The molecule has 0 saturated carbocycles. The van der Waals surface area contributed by atoms with Crippen LogP contribution in [-0.4, -0.2) is 34.5 Å². The maximum absolute atomic E-state index is 12.3. The maximum Gasteiger partial charge on any atom is 0.306 e. The van der Waals surface area contributed by atoms with Crippen LogP contribution in [0.4, 0.5) is 0 Å². The molecule has 0 aliphatic carbocycles. The number of carbonyl (C=O) groups is 2. The summed E-state index contributed by atoms with van der Waals surface area (Å²) in [4.78, 5) is 25.3. The molecule has 5 nitrogen and oxygen atoms in total. The van der Waals surface area contributed by atoms with Crippen LogP contribution in [0.25, 0.3) is 0 Å². The summed E-state index contributed by atoms with van der Waals surface area (Å²) in [6, 6.07) is 7.07. The number of hydrogen-bond donors (Lipinski definition) is 1. The van der Waals surface area contributed by atoms with Gasteiger partial charge in [0.1, 0.15) is 6.10 Å². The zero-order chi connectivity index (χ0) is 13.2. The first-order valence-corrected chi connectivity index (χ1v) is 6.45. The second kappa shape index (κ2) is 3.36. The largest absolute Gasteiger partial charge is 0.462 e. The Morgan fingerprint density at radius 1 is 1.32 bits per heavy atom. The van der Waals surface area contributed by atoms with Crippen LogP contribution in [0.15, 0.2) is 24.3 Å². The lowest BCUT2D eigenvalue weighted by molar-refractivity contribution is -0.170. The van der Waals surface area contributed by atoms with E-state index in [0.29, 0.717) is 24.1 Å². The van der Waals surface area contributed by atoms with Gasteiger partial charge in [-0.3, -0.25) is 9.59 Å². The summed E-state index contributed by atoms with van der Waals surface area (Å²) in [6.45, 7) is 0.415. The Morgan fingerprint density at radius 3 is 2.95 bits per heavy atom. The van der Waals surface area contributed by atoms with Crippen LogP contribution in [0.5, 0.6) is 0 Å². The number of carbonyl (C=O) groups excluding carboxylic acids is 2. The molecule has 1 amide bonds. The smallest absolute Gasteiger partial charge is 0.306 e. The number of piperidine rings is 1. The van der Waals surface area contributed by atoms with Gasteiger partial charge in [-0.25, -0.2) is 0 Å². The number of rotatable bonds is 0. The van der Waals surface area contributed by atoms with Crippen molar-refractivity contribution in [2.75, 3.05) is 6.54 Å². The van der Waals surface area contributed by atoms with Crippen molar-refractivity contribution in [2.24, 2.45) is 5.92 Å². The highest BCUT2D eigenvalue weighted by Gasteiger charge is 2.61. The van der Waals surface area contributed by atoms with Crippen molar-refractivity contribution in [1.29, 1.82) is 0 Å². The lowest BCUT2D eigenvalue weighted by Gasteiger charge is -2.44. The van der Waals surface area contributed by atoms with E-state index in [9.17, 15) is 14.7 Å². The molecule has 0 radical (unpaired) electrons. The summed E-state index contributed by atoms with van der Waals surface area (Å²) in [5, 5.41) is 11.1. The van der Waals surface area contributed by atoms with Crippen LogP contribution >= 0.6 is 0 Å². The number of nitrogens with zero attached hydrogens (tertiary/aromatic N) is 1. The van der Waals surface area contributed by atoms with Crippen molar-refractivity contribution >= 4 is 11.9 Å². The average Bonchev–Trinajstić information content (AvgIpc) is 2.89. The monoisotopic (exact) mass is 259 g/mol. The molecule has 3 heterocycles. The highest BCUT2D eigenvalue weighted by atomic mass is 16.6. The number of fused-ring (bicyclic) bond motifs is 5. The Kier molecular flexibility index (Phi) is 1.94. The Balaban J connectivity index is 1.91. The molecular weight excluding hydrogens is 246 g/mol. The Labute approximate surface area is 109 Å². The maximum atomic E-state index is 12.3. The number of esters is 1. The van der Waals surface area contributed by atoms with E-state index < -0.39 is 5.72 Å². The number of aliphatic hydroxyl groups is 1. The van der Waals surface area contributed by atoms with Crippen molar-refractivity contribution in [2.45, 2.75) is 24.7 Å². The Morgan fingerprint density at radius 2 is 2.11 bits per heavy atom. The second-order valence-electron chi connectivity index (χ2n) is 5.36. The highest BCUT2D eigenvalue weighted by molar-refractivity contribution is 6.00. The summed E-state index contributed by atoms with van der Waals surface area (Å²) < 4.78 is 5.25. The SMILES string of the molecule is O=C1C[C@H]2[C@H](CCN3C(=O)c4ccccc4[C@@]23O)O1. The van der Waals surface area contributed by atoms with Crippen molar-refractivity contribution < 1.29 is 19.4 Å². The quantitative estimate of drug-likeness (QED) is 0.694. The molecule has 2 saturated heterocycles. The van der Waals surface area contributed by atoms with Gasteiger partial charge >= 0.3 is 5.97 Å². The topological polar surface area (TPSA) is 66.8 Å². The second-order valence-corrected chi connectivity index (χ2v) is 5.36. The number of benzene rings is 1. The molecule has 1 N–H and O–H groups in total. The van der Waals surface area contributed by atoms with Crippen molar-refractivity contribution in [3.63, 3.8) is 0 Å². The van der Waals surface area contributed by atoms with Crippen LogP contribution in [0.2, 0.25) is 0 Å². The molecule has 1 aromatic carbocycles. The first kappa shape index (κ1) is 11.0. The third-order valence-electron chi connectivity index (χ3n) is 4.48. The third kappa shape index (κ3) is 1.18. The standard InChI is InChI=1S/C14H13NO4/c16-12-7-10-11(19-12)5-6-15-13(17)8-3-1-2-4-9(8)14(10,15)18/h1-4,10-11,18H,5-7H2/t10-,11-,14+/m0/s1. The van der Waals surface area contributed by atoms with Crippen LogP contribution < -0.4 is 0 Å². The number of ether oxygens (including phenoxy) is 1. The lowest BCUT2D eigenvalue weighted by atomic mass is 9.80. The van der Waals surface area contributed by atoms with E-state index in [1.807, 2.05) is 0 Å². The third-order valence-corrected chi connectivity index (χ3v) is 4.48. The zero-order valence-electron chi connectivity index (χ0n) is 10.2. The molecule has 5 heteroatoms. The molecule has 3 aliphatic heterocycles. The van der Waals surface area contributed by atoms with Gasteiger partial charge in [0.05, 0.1) is 12.3 Å². The van der Waals surface area contributed by atoms with E-state index in [1.54, 1.807) is 24.3 Å². The molecule has 4 rings (SSSR count). The summed E-state index contributed by atoms with van der Waals surface area (Å²) in [6.07, 6.45) is 0.477. The first-order valence-electron chi connectivity index (χ1n) is 6.45. The van der Waals surface area contributed by atoms with E-state index in [-0.39, 0.29) is 30.3 Å². The van der Waals surface area contributed by atoms with E-state index >= 15 is 0 Å². The van der Waals surface area contributed by atoms with Gasteiger partial charge in [-0.15, -0.1) is 0 Å². The average molecular weight is 259 g/mol. The van der Waals surface area contributed by atoms with Gasteiger partial charge in [-0.2, -0.15) is 0 Å². The molecule has 1 aromatic rings. The summed E-state index contributed by atoms with van der Waals surface area (Å²) in [5.74, 6) is -0.806. The molecule has 0 bridgehead atoms. The molecule has 2 fully saturated rings. The van der Waals surface area contributed by atoms with Crippen LogP contribution in [0.1, 0.15) is 28.8 Å². The lowest BCUT2D eigenvalue weighted by Crippen LogP contribution is -2.56. The van der Waals surface area contributed by atoms with Gasteiger partial charge in [-0.05, 0) is 6.07 Å². The van der Waals surface area contributed by atoms with Crippen molar-refractivity contribution in [3.05, 3.63) is 35.4 Å². The summed E-state index contributed by atoms with van der Waals surface area (Å²) >= 11 is 0. The fraction of sp³-hybridized carbons (Fsp3) is 0.429. The summed E-state index contributed by atoms with van der Waals surface area (Å²) in [5.41, 5.74) is -0.249. The number of amides is 1. The Hall–Kier alpha value is -1.88. The van der Waals surface area contributed by atoms with Gasteiger partial charge in [0.25, 0.3) is 5.91 Å². The van der Waals surface area contributed by atoms with Crippen molar-refractivity contribution in [3.8, 4) is 0 Å². The highest BCUT2D eigenvalue weighted by Crippen LogP contribution is 2.50. The molecular formula is C14H13NO4. The van der Waals surface area contributed by atoms with Crippen LogP contribution in [0.3, 0.4) is 0 Å². The van der Waals surface area contributed by atoms with Gasteiger partial charge < -0.3 is 14.7 Å². The van der Waals surface area contributed by atoms with Crippen LogP contribution in [0, 0.1) is 5.92 Å². The zero-order valence-corrected chi connectivity index (χ0v) is 10.2. The molecule has 0 unspecified atom stereocenters. The Bertz CT molecular complexity index is 599. The van der Waals surface area contributed by atoms with E-state index in [1.165, 1.54) is 4.90 Å². The van der Waals surface area contributed by atoms with E-state index in [0.717, 1.165) is 0 Å². The minimum Gasteiger partial charge on any atom is -0.462 e. The van der Waals surface area contributed by atoms with Crippen LogP contribution in [-0.2, 0) is 15.3 Å². The van der Waals surface area contributed by atoms with Gasteiger partial charge in [0.15, 0.2) is 5.72 Å². The molecule has 3 aliphatic rings. The first-order chi connectivity index (χ1) is 9.12. The fourth-order valence-corrected chi connectivity index (χ4v) is 3.64. The predicted molar refractivity (Wildman–Crippen MR) is 64.0 cm³/mol. The molecule has 0 aromatic heterocycles. The minimum atomic E-state index is -1.39. The van der Waals surface area contributed by atoms with E-state index in [4.69, 9.17) is 4.74 Å². The minimum absolute atomic E-state index is 0.157. The molecule has 19 heavy (non-hydrogen) atoms. The molecule has 0 spiro atoms. The number of hydrogen-bond acceptors (Lipinski definition) is 4. The molecule has 3 atom stereocenters. The van der Waals surface area contributed by atoms with Gasteiger partial charge in [0, 0.05) is 24.1 Å². The fourth-order valence-electron chi connectivity index (χ4n) is 3.64. The van der Waals surface area contributed by atoms with Gasteiger partial charge in [-0.1, -0.05) is 18.2 Å². The van der Waals surface area contributed by atoms with Gasteiger partial charge in [0.2, 0.25) is 0 Å². The van der Waals surface area contributed by atoms with E-state index in [2.05, 4.69) is 0 Å². The predicted octanol–water partition coefficient (Wildman–Crippen LogP) is 0.623. The molecule has 98 valence electrons. The normalized spacial score (nSPS) is 35.7. The summed E-state index contributed by atoms with van der Waals surface area (Å²) in [7, 11) is 0. The van der Waals surface area contributed by atoms with Crippen molar-refractivity contribution in [1.82, 2.24) is 4.90 Å².